The van der Waals surface area contributed by atoms with Gasteiger partial charge in [0.05, 0.1) is 13.2 Å². The van der Waals surface area contributed by atoms with Crippen LogP contribution < -0.4 is 15.2 Å². The summed E-state index contributed by atoms with van der Waals surface area (Å²) >= 11 is 3.57. The highest BCUT2D eigenvalue weighted by Crippen LogP contribution is 2.36. The number of halogens is 1. The molecule has 1 fully saturated rings. The second kappa shape index (κ2) is 6.43. The molecule has 18 heavy (non-hydrogen) atoms. The Balaban J connectivity index is 2.17. The lowest BCUT2D eigenvalue weighted by molar-refractivity contribution is 0.116. The monoisotopic (exact) mass is 313 g/mol. The van der Waals surface area contributed by atoms with Crippen LogP contribution in [-0.4, -0.2) is 19.8 Å². The molecule has 3 nitrogen and oxygen atoms in total. The van der Waals surface area contributed by atoms with Gasteiger partial charge < -0.3 is 15.2 Å². The van der Waals surface area contributed by atoms with Crippen LogP contribution >= 0.6 is 15.9 Å². The number of methoxy groups -OCH3 is 1. The minimum Gasteiger partial charge on any atom is -0.493 e. The van der Waals surface area contributed by atoms with Gasteiger partial charge in [-0.2, -0.15) is 0 Å². The molecule has 0 saturated heterocycles. The van der Waals surface area contributed by atoms with Crippen molar-refractivity contribution in [1.82, 2.24) is 0 Å². The average molecular weight is 314 g/mol. The lowest BCUT2D eigenvalue weighted by Gasteiger charge is -2.27. The van der Waals surface area contributed by atoms with Crippen molar-refractivity contribution >= 4 is 15.9 Å². The van der Waals surface area contributed by atoms with Gasteiger partial charge >= 0.3 is 0 Å². The zero-order chi connectivity index (χ0) is 13.0. The highest BCUT2D eigenvalue weighted by Gasteiger charge is 2.21. The molecule has 0 aliphatic heterocycles. The first-order valence-corrected chi connectivity index (χ1v) is 7.27. The molecule has 4 heteroatoms. The van der Waals surface area contributed by atoms with Crippen molar-refractivity contribution in [2.45, 2.75) is 38.2 Å². The number of hydrogen-bond donors (Lipinski definition) is 1. The SMILES string of the molecule is COc1cc(Br)c(CCCN)cc1OC1CCC1. The van der Waals surface area contributed by atoms with Crippen molar-refractivity contribution < 1.29 is 9.47 Å². The van der Waals surface area contributed by atoms with Crippen LogP contribution in [0.5, 0.6) is 11.5 Å². The van der Waals surface area contributed by atoms with Crippen molar-refractivity contribution in [1.29, 1.82) is 0 Å². The quantitative estimate of drug-likeness (QED) is 0.876. The van der Waals surface area contributed by atoms with E-state index in [-0.39, 0.29) is 0 Å². The van der Waals surface area contributed by atoms with Gasteiger partial charge in [-0.15, -0.1) is 0 Å². The molecular weight excluding hydrogens is 294 g/mol. The molecule has 0 atom stereocenters. The second-order valence-electron chi connectivity index (χ2n) is 4.66. The predicted molar refractivity (Wildman–Crippen MR) is 76.3 cm³/mol. The molecule has 2 rings (SSSR count). The zero-order valence-electron chi connectivity index (χ0n) is 10.7. The molecule has 0 spiro atoms. The van der Waals surface area contributed by atoms with Crippen molar-refractivity contribution in [2.24, 2.45) is 5.73 Å². The summed E-state index contributed by atoms with van der Waals surface area (Å²) in [4.78, 5) is 0. The summed E-state index contributed by atoms with van der Waals surface area (Å²) in [7, 11) is 1.68. The van der Waals surface area contributed by atoms with E-state index in [1.54, 1.807) is 7.11 Å². The largest absolute Gasteiger partial charge is 0.493 e. The van der Waals surface area contributed by atoms with E-state index in [2.05, 4.69) is 22.0 Å². The molecule has 0 bridgehead atoms. The highest BCUT2D eigenvalue weighted by atomic mass is 79.9. The van der Waals surface area contributed by atoms with E-state index in [4.69, 9.17) is 15.2 Å². The Kier molecular flexibility index (Phi) is 4.89. The van der Waals surface area contributed by atoms with Crippen molar-refractivity contribution in [3.05, 3.63) is 22.2 Å². The molecule has 0 unspecified atom stereocenters. The fourth-order valence-electron chi connectivity index (χ4n) is 1.98. The molecule has 1 aromatic carbocycles. The van der Waals surface area contributed by atoms with Gasteiger partial charge in [0.2, 0.25) is 0 Å². The smallest absolute Gasteiger partial charge is 0.161 e. The van der Waals surface area contributed by atoms with Gasteiger partial charge in [-0.25, -0.2) is 0 Å². The van der Waals surface area contributed by atoms with E-state index in [9.17, 15) is 0 Å². The van der Waals surface area contributed by atoms with E-state index in [1.165, 1.54) is 12.0 Å². The van der Waals surface area contributed by atoms with Crippen LogP contribution in [0.3, 0.4) is 0 Å². The Labute approximate surface area is 117 Å². The molecule has 1 aliphatic rings. The van der Waals surface area contributed by atoms with E-state index >= 15 is 0 Å². The summed E-state index contributed by atoms with van der Waals surface area (Å²) in [5.41, 5.74) is 6.79. The van der Waals surface area contributed by atoms with E-state index in [0.717, 1.165) is 41.7 Å². The number of ether oxygens (including phenoxy) is 2. The zero-order valence-corrected chi connectivity index (χ0v) is 12.3. The first-order valence-electron chi connectivity index (χ1n) is 6.47. The summed E-state index contributed by atoms with van der Waals surface area (Å²) < 4.78 is 12.4. The van der Waals surface area contributed by atoms with E-state index in [1.807, 2.05) is 6.07 Å². The van der Waals surface area contributed by atoms with Crippen LogP contribution in [0.15, 0.2) is 16.6 Å². The minimum absolute atomic E-state index is 0.363. The Morgan fingerprint density at radius 2 is 2.11 bits per heavy atom. The Morgan fingerprint density at radius 3 is 2.67 bits per heavy atom. The summed E-state index contributed by atoms with van der Waals surface area (Å²) in [5, 5.41) is 0. The third kappa shape index (κ3) is 3.18. The maximum atomic E-state index is 5.97. The number of hydrogen-bond acceptors (Lipinski definition) is 3. The van der Waals surface area contributed by atoms with Crippen LogP contribution in [0.1, 0.15) is 31.2 Å². The van der Waals surface area contributed by atoms with Gasteiger partial charge in [0.1, 0.15) is 0 Å². The normalized spacial score (nSPS) is 15.3. The molecule has 2 N–H and O–H groups in total. The van der Waals surface area contributed by atoms with Crippen molar-refractivity contribution in [3.8, 4) is 11.5 Å². The van der Waals surface area contributed by atoms with Crippen LogP contribution in [-0.2, 0) is 6.42 Å². The number of nitrogens with two attached hydrogens (primary N) is 1. The molecule has 0 heterocycles. The molecule has 1 saturated carbocycles. The molecule has 1 aliphatic carbocycles. The van der Waals surface area contributed by atoms with Crippen LogP contribution in [0.2, 0.25) is 0 Å². The maximum absolute atomic E-state index is 5.97. The van der Waals surface area contributed by atoms with Crippen LogP contribution in [0, 0.1) is 0 Å². The van der Waals surface area contributed by atoms with Gasteiger partial charge in [0, 0.05) is 4.47 Å². The number of aryl methyl sites for hydroxylation is 1. The first kappa shape index (κ1) is 13.7. The third-order valence-corrected chi connectivity index (χ3v) is 4.07. The minimum atomic E-state index is 0.363. The Morgan fingerprint density at radius 1 is 1.33 bits per heavy atom. The van der Waals surface area contributed by atoms with Gasteiger partial charge in [-0.05, 0) is 56.3 Å². The average Bonchev–Trinajstić information content (AvgIpc) is 2.33. The Hall–Kier alpha value is -0.740. The van der Waals surface area contributed by atoms with Gasteiger partial charge in [0.25, 0.3) is 0 Å². The topological polar surface area (TPSA) is 44.5 Å². The predicted octanol–water partition coefficient (Wildman–Crippen LogP) is 3.28. The van der Waals surface area contributed by atoms with Gasteiger partial charge in [0.15, 0.2) is 11.5 Å². The summed E-state index contributed by atoms with van der Waals surface area (Å²) in [5.74, 6) is 1.66. The maximum Gasteiger partial charge on any atom is 0.161 e. The van der Waals surface area contributed by atoms with E-state index < -0.39 is 0 Å². The molecule has 0 radical (unpaired) electrons. The lowest BCUT2D eigenvalue weighted by atomic mass is 9.96. The van der Waals surface area contributed by atoms with Crippen molar-refractivity contribution in [2.75, 3.05) is 13.7 Å². The fraction of sp³-hybridized carbons (Fsp3) is 0.571. The van der Waals surface area contributed by atoms with Crippen LogP contribution in [0.4, 0.5) is 0 Å². The summed E-state index contributed by atoms with van der Waals surface area (Å²) in [6, 6.07) is 4.07. The number of benzene rings is 1. The van der Waals surface area contributed by atoms with Gasteiger partial charge in [-0.1, -0.05) is 15.9 Å². The summed E-state index contributed by atoms with van der Waals surface area (Å²) in [6.45, 7) is 0.706. The molecular formula is C14H20BrNO2. The molecule has 1 aromatic rings. The first-order chi connectivity index (χ1) is 8.74. The van der Waals surface area contributed by atoms with Crippen molar-refractivity contribution in [3.63, 3.8) is 0 Å². The Bertz CT molecular complexity index is 405. The summed E-state index contributed by atoms with van der Waals surface area (Å²) in [6.07, 6.45) is 5.87. The third-order valence-electron chi connectivity index (χ3n) is 3.33. The van der Waals surface area contributed by atoms with Crippen LogP contribution in [0.25, 0.3) is 0 Å². The fourth-order valence-corrected chi connectivity index (χ4v) is 2.50. The molecule has 100 valence electrons. The van der Waals surface area contributed by atoms with Gasteiger partial charge in [-0.3, -0.25) is 0 Å². The van der Waals surface area contributed by atoms with E-state index in [0.29, 0.717) is 12.6 Å². The number of rotatable bonds is 6. The molecule has 0 aromatic heterocycles. The second-order valence-corrected chi connectivity index (χ2v) is 5.51. The highest BCUT2D eigenvalue weighted by molar-refractivity contribution is 9.10. The lowest BCUT2D eigenvalue weighted by Crippen LogP contribution is -2.24. The standard InChI is InChI=1S/C14H20BrNO2/c1-17-13-9-12(15)10(4-3-7-16)8-14(13)18-11-5-2-6-11/h8-9,11H,2-7,16H2,1H3. The molecule has 0 amide bonds.